The van der Waals surface area contributed by atoms with Gasteiger partial charge >= 0.3 is 5.97 Å². The molecular formula is C17H25N3O6S. The van der Waals surface area contributed by atoms with Crippen molar-refractivity contribution in [3.8, 4) is 0 Å². The SMILES string of the molecule is COC(=O)c1c(C)oc(C)c1S(=O)(=O)N1CCCC(N2CCNCC2=O)C1. The summed E-state index contributed by atoms with van der Waals surface area (Å²) in [5, 5.41) is 3.02. The minimum absolute atomic E-state index is 0.0175. The lowest BCUT2D eigenvalue weighted by atomic mass is 10.1. The van der Waals surface area contributed by atoms with Crippen LogP contribution in [0.3, 0.4) is 0 Å². The van der Waals surface area contributed by atoms with Crippen molar-refractivity contribution in [2.24, 2.45) is 0 Å². The predicted molar refractivity (Wildman–Crippen MR) is 95.9 cm³/mol. The van der Waals surface area contributed by atoms with Crippen molar-refractivity contribution in [1.82, 2.24) is 14.5 Å². The fraction of sp³-hybridized carbons (Fsp3) is 0.647. The number of aryl methyl sites for hydroxylation is 2. The van der Waals surface area contributed by atoms with Gasteiger partial charge in [0, 0.05) is 32.2 Å². The van der Waals surface area contributed by atoms with Crippen molar-refractivity contribution in [3.63, 3.8) is 0 Å². The summed E-state index contributed by atoms with van der Waals surface area (Å²) in [5.74, 6) is -0.387. The van der Waals surface area contributed by atoms with Crippen molar-refractivity contribution in [2.45, 2.75) is 37.6 Å². The first-order chi connectivity index (χ1) is 12.8. The highest BCUT2D eigenvalue weighted by atomic mass is 32.2. The summed E-state index contributed by atoms with van der Waals surface area (Å²) >= 11 is 0. The van der Waals surface area contributed by atoms with Gasteiger partial charge in [-0.3, -0.25) is 4.79 Å². The molecule has 1 N–H and O–H groups in total. The van der Waals surface area contributed by atoms with Gasteiger partial charge in [-0.2, -0.15) is 4.31 Å². The molecule has 1 atom stereocenters. The monoisotopic (exact) mass is 399 g/mol. The Kier molecular flexibility index (Phi) is 5.59. The van der Waals surface area contributed by atoms with E-state index >= 15 is 0 Å². The molecule has 27 heavy (non-hydrogen) atoms. The van der Waals surface area contributed by atoms with Crippen molar-refractivity contribution in [1.29, 1.82) is 0 Å². The van der Waals surface area contributed by atoms with Gasteiger partial charge in [-0.15, -0.1) is 0 Å². The third-order valence-electron chi connectivity index (χ3n) is 5.12. The quantitative estimate of drug-likeness (QED) is 0.724. The van der Waals surface area contributed by atoms with Gasteiger partial charge in [0.05, 0.1) is 13.7 Å². The summed E-state index contributed by atoms with van der Waals surface area (Å²) < 4.78 is 38.1. The first-order valence-corrected chi connectivity index (χ1v) is 10.4. The van der Waals surface area contributed by atoms with Crippen LogP contribution in [0.15, 0.2) is 9.31 Å². The molecule has 2 aliphatic heterocycles. The van der Waals surface area contributed by atoms with E-state index in [1.54, 1.807) is 4.90 Å². The number of methoxy groups -OCH3 is 1. The van der Waals surface area contributed by atoms with Gasteiger partial charge in [0.15, 0.2) is 0 Å². The Bertz CT molecular complexity index is 847. The minimum atomic E-state index is -3.96. The number of furan rings is 1. The molecule has 3 rings (SSSR count). The standard InChI is InChI=1S/C17H25N3O6S/c1-11-15(17(22)25-3)16(12(2)26-11)27(23,24)19-7-4-5-13(10-19)20-8-6-18-9-14(20)21/h13,18H,4-10H2,1-3H3. The number of hydrogen-bond donors (Lipinski definition) is 1. The number of ether oxygens (including phenoxy) is 1. The summed E-state index contributed by atoms with van der Waals surface area (Å²) in [5.41, 5.74) is -0.0598. The number of rotatable bonds is 4. The second-order valence-corrected chi connectivity index (χ2v) is 8.71. The largest absolute Gasteiger partial charge is 0.465 e. The van der Waals surface area contributed by atoms with Gasteiger partial charge in [0.25, 0.3) is 0 Å². The summed E-state index contributed by atoms with van der Waals surface area (Å²) in [4.78, 5) is 25.9. The Morgan fingerprint density at radius 3 is 2.67 bits per heavy atom. The van der Waals surface area contributed by atoms with Crippen LogP contribution in [0.4, 0.5) is 0 Å². The van der Waals surface area contributed by atoms with Crippen LogP contribution in [0, 0.1) is 13.8 Å². The molecule has 0 aliphatic carbocycles. The number of hydrogen-bond acceptors (Lipinski definition) is 7. The first-order valence-electron chi connectivity index (χ1n) is 8.96. The Hall–Kier alpha value is -1.91. The van der Waals surface area contributed by atoms with E-state index in [1.807, 2.05) is 0 Å². The highest BCUT2D eigenvalue weighted by Crippen LogP contribution is 2.32. The summed E-state index contributed by atoms with van der Waals surface area (Å²) in [6.45, 7) is 5.14. The van der Waals surface area contributed by atoms with Crippen molar-refractivity contribution in [3.05, 3.63) is 17.1 Å². The van der Waals surface area contributed by atoms with E-state index in [-0.39, 0.29) is 47.0 Å². The molecule has 1 unspecified atom stereocenters. The molecule has 2 saturated heterocycles. The topological polar surface area (TPSA) is 109 Å². The summed E-state index contributed by atoms with van der Waals surface area (Å²) in [7, 11) is -2.76. The van der Waals surface area contributed by atoms with E-state index < -0.39 is 16.0 Å². The van der Waals surface area contributed by atoms with Gasteiger partial charge in [-0.25, -0.2) is 13.2 Å². The fourth-order valence-corrected chi connectivity index (χ4v) is 5.73. The van der Waals surface area contributed by atoms with Crippen LogP contribution in [-0.2, 0) is 19.6 Å². The number of nitrogens with one attached hydrogen (secondary N) is 1. The maximum atomic E-state index is 13.3. The molecule has 2 aliphatic rings. The molecular weight excluding hydrogens is 374 g/mol. The van der Waals surface area contributed by atoms with Crippen LogP contribution in [0.25, 0.3) is 0 Å². The summed E-state index contributed by atoms with van der Waals surface area (Å²) in [6.07, 6.45) is 1.40. The van der Waals surface area contributed by atoms with Gasteiger partial charge in [0.2, 0.25) is 15.9 Å². The van der Waals surface area contributed by atoms with E-state index in [0.717, 1.165) is 6.42 Å². The van der Waals surface area contributed by atoms with E-state index in [9.17, 15) is 18.0 Å². The van der Waals surface area contributed by atoms with Crippen molar-refractivity contribution in [2.75, 3.05) is 39.8 Å². The molecule has 0 radical (unpaired) electrons. The zero-order chi connectivity index (χ0) is 19.8. The Morgan fingerprint density at radius 1 is 1.26 bits per heavy atom. The number of amides is 1. The number of piperidine rings is 1. The third-order valence-corrected chi connectivity index (χ3v) is 7.14. The predicted octanol–water partition coefficient (Wildman–Crippen LogP) is 0.268. The van der Waals surface area contributed by atoms with Crippen LogP contribution in [0.1, 0.15) is 34.7 Å². The molecule has 1 aromatic rings. The highest BCUT2D eigenvalue weighted by Gasteiger charge is 2.39. The van der Waals surface area contributed by atoms with Crippen LogP contribution in [0.2, 0.25) is 0 Å². The first kappa shape index (κ1) is 19.8. The van der Waals surface area contributed by atoms with E-state index in [0.29, 0.717) is 26.1 Å². The van der Waals surface area contributed by atoms with Crippen LogP contribution < -0.4 is 5.32 Å². The maximum absolute atomic E-state index is 13.3. The van der Waals surface area contributed by atoms with Crippen molar-refractivity contribution < 1.29 is 27.2 Å². The van der Waals surface area contributed by atoms with E-state index in [1.165, 1.54) is 25.3 Å². The van der Waals surface area contributed by atoms with Crippen LogP contribution in [0.5, 0.6) is 0 Å². The molecule has 1 aromatic heterocycles. The normalized spacial score (nSPS) is 22.1. The number of piperazine rings is 1. The van der Waals surface area contributed by atoms with E-state index in [4.69, 9.17) is 9.15 Å². The molecule has 150 valence electrons. The second-order valence-electron chi connectivity index (χ2n) is 6.83. The molecule has 9 nitrogen and oxygen atoms in total. The van der Waals surface area contributed by atoms with Gasteiger partial charge in [0.1, 0.15) is 22.0 Å². The Balaban J connectivity index is 1.91. The highest BCUT2D eigenvalue weighted by molar-refractivity contribution is 7.89. The molecule has 3 heterocycles. The molecule has 2 fully saturated rings. The van der Waals surface area contributed by atoms with Gasteiger partial charge in [-0.05, 0) is 26.7 Å². The number of carbonyl (C=O) groups is 2. The summed E-state index contributed by atoms with van der Waals surface area (Å²) in [6, 6.07) is -0.169. The lowest BCUT2D eigenvalue weighted by Crippen LogP contribution is -2.57. The lowest BCUT2D eigenvalue weighted by molar-refractivity contribution is -0.135. The van der Waals surface area contributed by atoms with Gasteiger partial charge < -0.3 is 19.4 Å². The zero-order valence-electron chi connectivity index (χ0n) is 15.8. The second kappa shape index (κ2) is 7.61. The maximum Gasteiger partial charge on any atom is 0.342 e. The average molecular weight is 399 g/mol. The number of esters is 1. The third kappa shape index (κ3) is 3.61. The molecule has 0 aromatic carbocycles. The Morgan fingerprint density at radius 2 is 2.00 bits per heavy atom. The van der Waals surface area contributed by atoms with E-state index in [2.05, 4.69) is 5.32 Å². The molecule has 0 spiro atoms. The zero-order valence-corrected chi connectivity index (χ0v) is 16.6. The molecule has 0 saturated carbocycles. The lowest BCUT2D eigenvalue weighted by Gasteiger charge is -2.40. The minimum Gasteiger partial charge on any atom is -0.465 e. The van der Waals surface area contributed by atoms with Gasteiger partial charge in [-0.1, -0.05) is 0 Å². The average Bonchev–Trinajstić information content (AvgIpc) is 2.96. The van der Waals surface area contributed by atoms with Crippen LogP contribution in [-0.4, -0.2) is 75.4 Å². The van der Waals surface area contributed by atoms with Crippen molar-refractivity contribution >= 4 is 21.9 Å². The smallest absolute Gasteiger partial charge is 0.342 e. The number of carbonyl (C=O) groups excluding carboxylic acids is 2. The fourth-order valence-electron chi connectivity index (χ4n) is 3.84. The number of sulfonamides is 1. The number of nitrogens with zero attached hydrogens (tertiary/aromatic N) is 2. The molecule has 1 amide bonds. The van der Waals surface area contributed by atoms with Crippen LogP contribution >= 0.6 is 0 Å². The molecule has 0 bridgehead atoms. The molecule has 10 heteroatoms. The Labute approximate surface area is 158 Å².